The Kier molecular flexibility index (Phi) is 8.05. The molecule has 2 aliphatic heterocycles. The fourth-order valence-electron chi connectivity index (χ4n) is 11.8. The second-order valence-corrected chi connectivity index (χ2v) is 16.6. The van der Waals surface area contributed by atoms with Crippen molar-refractivity contribution in [3.8, 4) is 11.8 Å². The number of fused-ring (bicyclic) bond motifs is 5. The summed E-state index contributed by atoms with van der Waals surface area (Å²) < 4.78 is 17.8. The number of carbonyl (C=O) groups is 1. The Bertz CT molecular complexity index is 1360. The van der Waals surface area contributed by atoms with E-state index in [0.717, 1.165) is 31.3 Å². The Morgan fingerprint density at radius 1 is 1.07 bits per heavy atom. The van der Waals surface area contributed by atoms with Crippen LogP contribution >= 0.6 is 0 Å². The van der Waals surface area contributed by atoms with Crippen molar-refractivity contribution in [1.82, 2.24) is 0 Å². The monoisotopic (exact) mass is 638 g/mol. The minimum Gasteiger partial charge on any atom is -0.387 e. The number of carbonyl (C=O) groups excluding carboxylic acids is 1. The summed E-state index contributed by atoms with van der Waals surface area (Å²) in [4.78, 5) is 14.0. The molecule has 3 saturated carbocycles. The van der Waals surface area contributed by atoms with Crippen LogP contribution < -0.4 is 0 Å². The Labute approximate surface area is 274 Å². The summed E-state index contributed by atoms with van der Waals surface area (Å²) in [7, 11) is 1.69. The Hall–Kier alpha value is -1.57. The lowest BCUT2D eigenvalue weighted by atomic mass is 9.43. The first kappa shape index (κ1) is 33.0. The van der Waals surface area contributed by atoms with E-state index >= 15 is 0 Å². The van der Waals surface area contributed by atoms with E-state index in [1.54, 1.807) is 26.2 Å². The molecule has 7 rings (SSSR count). The molecule has 46 heavy (non-hydrogen) atoms. The van der Waals surface area contributed by atoms with Crippen molar-refractivity contribution in [2.24, 2.45) is 46.3 Å². The molecule has 0 aromatic carbocycles. The maximum Gasteiger partial charge on any atom is 0.170 e. The normalized spacial score (nSPS) is 53.9. The Morgan fingerprint density at radius 2 is 1.85 bits per heavy atom. The molecule has 0 spiro atoms. The van der Waals surface area contributed by atoms with Crippen LogP contribution in [0.25, 0.3) is 0 Å². The summed E-state index contributed by atoms with van der Waals surface area (Å²) in [5.41, 5.74) is -4.80. The fraction of sp³-hybridized carbons (Fsp3) is 0.816. The lowest BCUT2D eigenvalue weighted by molar-refractivity contribution is -0.213. The summed E-state index contributed by atoms with van der Waals surface area (Å²) in [6.45, 7) is 9.28. The van der Waals surface area contributed by atoms with Crippen LogP contribution in [-0.2, 0) is 19.0 Å². The maximum atomic E-state index is 14.0. The summed E-state index contributed by atoms with van der Waals surface area (Å²) >= 11 is 0. The van der Waals surface area contributed by atoms with Crippen LogP contribution in [0.4, 0.5) is 0 Å². The lowest BCUT2D eigenvalue weighted by Crippen LogP contribution is -2.66. The minimum absolute atomic E-state index is 0.0161. The van der Waals surface area contributed by atoms with Crippen molar-refractivity contribution < 1.29 is 39.4 Å². The lowest BCUT2D eigenvalue weighted by Gasteiger charge is -2.63. The third kappa shape index (κ3) is 4.48. The van der Waals surface area contributed by atoms with Gasteiger partial charge >= 0.3 is 0 Å². The molecule has 0 amide bonds. The zero-order valence-electron chi connectivity index (χ0n) is 28.2. The molecule has 8 heteroatoms. The van der Waals surface area contributed by atoms with Crippen LogP contribution in [0, 0.1) is 58.2 Å². The molecule has 4 N–H and O–H groups in total. The van der Waals surface area contributed by atoms with Crippen molar-refractivity contribution in [2.45, 2.75) is 127 Å². The van der Waals surface area contributed by atoms with Gasteiger partial charge in [0.1, 0.15) is 12.2 Å². The molecule has 15 unspecified atom stereocenters. The van der Waals surface area contributed by atoms with E-state index in [9.17, 15) is 25.2 Å². The number of rotatable bonds is 5. The molecule has 1 saturated heterocycles. The fourth-order valence-corrected chi connectivity index (χ4v) is 11.8. The third-order valence-corrected chi connectivity index (χ3v) is 14.6. The summed E-state index contributed by atoms with van der Waals surface area (Å²) in [6, 6.07) is 0. The van der Waals surface area contributed by atoms with Crippen LogP contribution in [0.3, 0.4) is 0 Å². The zero-order valence-corrected chi connectivity index (χ0v) is 28.2. The van der Waals surface area contributed by atoms with E-state index in [0.29, 0.717) is 45.3 Å². The van der Waals surface area contributed by atoms with Gasteiger partial charge in [0.2, 0.25) is 0 Å². The van der Waals surface area contributed by atoms with Gasteiger partial charge in [0, 0.05) is 38.1 Å². The third-order valence-electron chi connectivity index (χ3n) is 14.6. The van der Waals surface area contributed by atoms with Crippen LogP contribution in [0.15, 0.2) is 23.8 Å². The molecule has 4 fully saturated rings. The molecule has 0 aromatic heterocycles. The van der Waals surface area contributed by atoms with Crippen molar-refractivity contribution >= 4 is 5.78 Å². The van der Waals surface area contributed by atoms with Gasteiger partial charge in [-0.3, -0.25) is 4.79 Å². The minimum atomic E-state index is -1.58. The first-order valence-electron chi connectivity index (χ1n) is 17.8. The molecule has 5 aliphatic carbocycles. The number of hydrogen-bond donors (Lipinski definition) is 4. The van der Waals surface area contributed by atoms with Gasteiger partial charge in [-0.2, -0.15) is 0 Å². The molecule has 0 radical (unpaired) electrons. The molecule has 8 nitrogen and oxygen atoms in total. The highest BCUT2D eigenvalue weighted by Crippen LogP contribution is 2.71. The number of aliphatic hydroxyl groups is 4. The number of allylic oxidation sites excluding steroid dienone is 2. The standard InChI is InChI=1S/C38H54O8/c1-22-25-10-7-14-37(42)13-6-9-23-19-26-27(21-29(39)28-20-24(11-15-34(26,28)2)45-18-8-17-44-5)38(43)16-12-30(35(23,38)3)36(4,41)32(40)31(22)46-33(25)37/h7,14,21-26,28,30-33,40-43H,8-12,15-20H2,1-5H3. The SMILES string of the molecule is COCCCOC1CCC2(C)C(C1)C(=O)C=C1C2CC2CC#CC3(O)C=CCC4C(C)C(OC43)C(O)C(C)(O)C3CCC1(O)C23C. The van der Waals surface area contributed by atoms with E-state index in [-0.39, 0.29) is 46.9 Å². The Morgan fingerprint density at radius 3 is 2.61 bits per heavy atom. The van der Waals surface area contributed by atoms with Crippen molar-refractivity contribution in [2.75, 3.05) is 20.3 Å². The van der Waals surface area contributed by atoms with Gasteiger partial charge in [-0.1, -0.05) is 38.7 Å². The highest BCUT2D eigenvalue weighted by molar-refractivity contribution is 5.95. The first-order chi connectivity index (χ1) is 21.7. The van der Waals surface area contributed by atoms with Crippen molar-refractivity contribution in [3.05, 3.63) is 23.8 Å². The number of ether oxygens (including phenoxy) is 3. The van der Waals surface area contributed by atoms with Gasteiger partial charge in [-0.05, 0) is 111 Å². The van der Waals surface area contributed by atoms with Gasteiger partial charge in [0.05, 0.1) is 23.4 Å². The highest BCUT2D eigenvalue weighted by Gasteiger charge is 2.72. The van der Waals surface area contributed by atoms with Crippen molar-refractivity contribution in [3.63, 3.8) is 0 Å². The second-order valence-electron chi connectivity index (χ2n) is 16.6. The second kappa shape index (κ2) is 11.2. The number of ketones is 1. The smallest absolute Gasteiger partial charge is 0.170 e. The largest absolute Gasteiger partial charge is 0.387 e. The first-order valence-corrected chi connectivity index (χ1v) is 17.8. The summed E-state index contributed by atoms with van der Waals surface area (Å²) in [5.74, 6) is 5.70. The van der Waals surface area contributed by atoms with Gasteiger partial charge in [0.25, 0.3) is 0 Å². The van der Waals surface area contributed by atoms with E-state index in [1.807, 2.05) is 13.0 Å². The van der Waals surface area contributed by atoms with Crippen LogP contribution in [0.2, 0.25) is 0 Å². The van der Waals surface area contributed by atoms with Gasteiger partial charge < -0.3 is 34.6 Å². The van der Waals surface area contributed by atoms with E-state index < -0.39 is 46.4 Å². The molecule has 2 heterocycles. The molecule has 254 valence electrons. The van der Waals surface area contributed by atoms with Crippen LogP contribution in [0.5, 0.6) is 0 Å². The van der Waals surface area contributed by atoms with E-state index in [2.05, 4.69) is 25.7 Å². The van der Waals surface area contributed by atoms with E-state index in [4.69, 9.17) is 14.2 Å². The molecule has 0 aromatic rings. The predicted octanol–water partition coefficient (Wildman–Crippen LogP) is 3.74. The molecule has 2 bridgehead atoms. The highest BCUT2D eigenvalue weighted by atomic mass is 16.5. The van der Waals surface area contributed by atoms with Gasteiger partial charge in [-0.15, -0.1) is 0 Å². The molecular weight excluding hydrogens is 584 g/mol. The number of hydrogen-bond acceptors (Lipinski definition) is 8. The number of aliphatic hydroxyl groups excluding tert-OH is 1. The molecule has 7 aliphatic rings. The molecular formula is C38H54O8. The Balaban J connectivity index is 1.29. The maximum absolute atomic E-state index is 14.0. The van der Waals surface area contributed by atoms with Gasteiger partial charge in [0.15, 0.2) is 11.4 Å². The topological polar surface area (TPSA) is 126 Å². The van der Waals surface area contributed by atoms with Crippen LogP contribution in [0.1, 0.15) is 85.5 Å². The average Bonchev–Trinajstić information content (AvgIpc) is 3.51. The number of methoxy groups -OCH3 is 1. The summed E-state index contributed by atoms with van der Waals surface area (Å²) in [5, 5.41) is 49.3. The zero-order chi connectivity index (χ0) is 32.9. The quantitative estimate of drug-likeness (QED) is 0.204. The van der Waals surface area contributed by atoms with Crippen LogP contribution in [-0.4, -0.2) is 87.8 Å². The predicted molar refractivity (Wildman–Crippen MR) is 171 cm³/mol. The summed E-state index contributed by atoms with van der Waals surface area (Å²) in [6.07, 6.45) is 8.95. The molecule has 15 atom stereocenters. The van der Waals surface area contributed by atoms with Crippen molar-refractivity contribution in [1.29, 1.82) is 0 Å². The van der Waals surface area contributed by atoms with Gasteiger partial charge in [-0.25, -0.2) is 0 Å². The van der Waals surface area contributed by atoms with E-state index in [1.165, 1.54) is 0 Å². The average molecular weight is 639 g/mol.